The summed E-state index contributed by atoms with van der Waals surface area (Å²) >= 11 is 11.7. The van der Waals surface area contributed by atoms with Crippen LogP contribution in [0.4, 0.5) is 13.2 Å². The van der Waals surface area contributed by atoms with E-state index >= 15 is 0 Å². The summed E-state index contributed by atoms with van der Waals surface area (Å²) in [6.45, 7) is -1.46. The molecule has 1 nitrogen and oxygen atoms in total. The van der Waals surface area contributed by atoms with Crippen LogP contribution in [0.1, 0.15) is 5.56 Å². The maximum Gasteiger partial charge on any atom is 0.411 e. The first kappa shape index (κ1) is 15.6. The topological polar surface area (TPSA) is 9.23 Å². The highest BCUT2D eigenvalue weighted by Gasteiger charge is 2.34. The molecule has 0 atom stereocenters. The Bertz CT molecular complexity index is 350. The summed E-state index contributed by atoms with van der Waals surface area (Å²) < 4.78 is 40.9. The molecule has 0 N–H and O–H groups in total. The molecule has 0 fully saturated rings. The molecule has 1 aromatic carbocycles. The van der Waals surface area contributed by atoms with Gasteiger partial charge >= 0.3 is 6.18 Å². The number of alkyl halides is 5. The molecule has 0 aliphatic heterocycles. The van der Waals surface area contributed by atoms with Crippen LogP contribution in [0.2, 0.25) is 0 Å². The van der Waals surface area contributed by atoms with Gasteiger partial charge in [0.1, 0.15) is 6.61 Å². The van der Waals surface area contributed by atoms with Gasteiger partial charge in [0, 0.05) is 17.2 Å². The maximum atomic E-state index is 12.1. The van der Waals surface area contributed by atoms with Gasteiger partial charge in [-0.15, -0.1) is 23.2 Å². The summed E-state index contributed by atoms with van der Waals surface area (Å²) in [5.41, 5.74) is -0.0208. The van der Waals surface area contributed by atoms with Gasteiger partial charge in [0.2, 0.25) is 0 Å². The lowest BCUT2D eigenvalue weighted by Crippen LogP contribution is -2.37. The van der Waals surface area contributed by atoms with Crippen LogP contribution in [-0.2, 0) is 10.2 Å². The monoisotopic (exact) mass is 300 g/mol. The van der Waals surface area contributed by atoms with Crippen LogP contribution in [0.5, 0.6) is 0 Å². The number of rotatable bonds is 6. The van der Waals surface area contributed by atoms with Gasteiger partial charge in [-0.05, 0) is 5.56 Å². The smallest absolute Gasteiger partial charge is 0.371 e. The lowest BCUT2D eigenvalue weighted by molar-refractivity contribution is -0.176. The van der Waals surface area contributed by atoms with Gasteiger partial charge in [-0.25, -0.2) is 0 Å². The molecule has 18 heavy (non-hydrogen) atoms. The van der Waals surface area contributed by atoms with Crippen molar-refractivity contribution in [2.75, 3.05) is 25.0 Å². The van der Waals surface area contributed by atoms with Crippen molar-refractivity contribution in [2.24, 2.45) is 0 Å². The first-order valence-electron chi connectivity index (χ1n) is 5.25. The Labute approximate surface area is 114 Å². The van der Waals surface area contributed by atoms with E-state index in [4.69, 9.17) is 27.9 Å². The molecule has 0 aliphatic carbocycles. The summed E-state index contributed by atoms with van der Waals surface area (Å²) in [5.74, 6) is 0.191. The Kier molecular flexibility index (Phi) is 5.76. The molecular formula is C12H13Cl2F3O. The van der Waals surface area contributed by atoms with Crippen molar-refractivity contribution in [3.05, 3.63) is 35.9 Å². The molecule has 0 saturated carbocycles. The van der Waals surface area contributed by atoms with Crippen LogP contribution < -0.4 is 0 Å². The average molecular weight is 301 g/mol. The Balaban J connectivity index is 2.76. The van der Waals surface area contributed by atoms with E-state index in [2.05, 4.69) is 0 Å². The molecular weight excluding hydrogens is 288 g/mol. The average Bonchev–Trinajstić information content (AvgIpc) is 2.35. The van der Waals surface area contributed by atoms with Crippen LogP contribution in [-0.4, -0.2) is 31.2 Å². The molecule has 0 amide bonds. The van der Waals surface area contributed by atoms with E-state index < -0.39 is 18.2 Å². The lowest BCUT2D eigenvalue weighted by atomic mass is 9.85. The minimum Gasteiger partial charge on any atom is -0.371 e. The second-order valence-corrected chi connectivity index (χ2v) is 4.56. The third kappa shape index (κ3) is 4.34. The highest BCUT2D eigenvalue weighted by molar-refractivity contribution is 6.22. The summed E-state index contributed by atoms with van der Waals surface area (Å²) in [5, 5.41) is 0. The number of hydrogen-bond donors (Lipinski definition) is 0. The molecule has 0 saturated heterocycles. The SMILES string of the molecule is FC(F)(F)COCC(CCl)(CCl)c1ccccc1. The molecule has 102 valence electrons. The molecule has 0 radical (unpaired) electrons. The third-order valence-corrected chi connectivity index (χ3v) is 3.57. The molecule has 0 heterocycles. The normalized spacial score (nSPS) is 12.7. The zero-order valence-corrected chi connectivity index (χ0v) is 11.0. The summed E-state index contributed by atoms with van der Waals surface area (Å²) in [7, 11) is 0. The van der Waals surface area contributed by atoms with Crippen molar-refractivity contribution in [3.63, 3.8) is 0 Å². The van der Waals surface area contributed by atoms with Crippen molar-refractivity contribution >= 4 is 23.2 Å². The molecule has 0 bridgehead atoms. The van der Waals surface area contributed by atoms with Crippen LogP contribution in [0, 0.1) is 0 Å². The van der Waals surface area contributed by atoms with E-state index in [1.807, 2.05) is 6.07 Å². The molecule has 0 aromatic heterocycles. The number of hydrogen-bond acceptors (Lipinski definition) is 1. The maximum absolute atomic E-state index is 12.1. The molecule has 0 unspecified atom stereocenters. The fourth-order valence-electron chi connectivity index (χ4n) is 1.50. The summed E-state index contributed by atoms with van der Waals surface area (Å²) in [6.07, 6.45) is -4.35. The zero-order chi connectivity index (χ0) is 13.6. The fourth-order valence-corrected chi connectivity index (χ4v) is 2.25. The number of halogens is 5. The zero-order valence-electron chi connectivity index (χ0n) is 9.51. The van der Waals surface area contributed by atoms with Gasteiger partial charge in [0.25, 0.3) is 0 Å². The largest absolute Gasteiger partial charge is 0.411 e. The molecule has 1 rings (SSSR count). The van der Waals surface area contributed by atoms with Crippen molar-refractivity contribution in [1.82, 2.24) is 0 Å². The van der Waals surface area contributed by atoms with Crippen molar-refractivity contribution in [3.8, 4) is 0 Å². The Morgan fingerprint density at radius 2 is 1.50 bits per heavy atom. The quantitative estimate of drug-likeness (QED) is 0.722. The van der Waals surface area contributed by atoms with E-state index in [1.54, 1.807) is 24.3 Å². The molecule has 0 spiro atoms. The van der Waals surface area contributed by atoms with Gasteiger partial charge in [0.05, 0.1) is 6.61 Å². The van der Waals surface area contributed by atoms with E-state index in [0.717, 1.165) is 5.56 Å². The highest BCUT2D eigenvalue weighted by Crippen LogP contribution is 2.28. The van der Waals surface area contributed by atoms with Crippen LogP contribution >= 0.6 is 23.2 Å². The predicted molar refractivity (Wildman–Crippen MR) is 66.4 cm³/mol. The van der Waals surface area contributed by atoms with Crippen molar-refractivity contribution in [2.45, 2.75) is 11.6 Å². The minimum atomic E-state index is -4.35. The first-order valence-corrected chi connectivity index (χ1v) is 6.32. The summed E-state index contributed by atoms with van der Waals surface area (Å²) in [4.78, 5) is 0. The standard InChI is InChI=1S/C12H13Cl2F3O/c13-6-11(7-14,8-18-9-12(15,16)17)10-4-2-1-3-5-10/h1-5H,6-9H2. The van der Waals surface area contributed by atoms with Crippen molar-refractivity contribution < 1.29 is 17.9 Å². The third-order valence-electron chi connectivity index (χ3n) is 2.54. The number of ether oxygens (including phenoxy) is 1. The lowest BCUT2D eigenvalue weighted by Gasteiger charge is -2.30. The Morgan fingerprint density at radius 1 is 0.944 bits per heavy atom. The van der Waals surface area contributed by atoms with E-state index in [9.17, 15) is 13.2 Å². The van der Waals surface area contributed by atoms with Gasteiger partial charge in [-0.2, -0.15) is 13.2 Å². The Morgan fingerprint density at radius 3 is 1.94 bits per heavy atom. The Hall–Kier alpha value is -0.450. The van der Waals surface area contributed by atoms with E-state index in [1.165, 1.54) is 0 Å². The van der Waals surface area contributed by atoms with Gasteiger partial charge in [0.15, 0.2) is 0 Å². The van der Waals surface area contributed by atoms with E-state index in [0.29, 0.717) is 0 Å². The van der Waals surface area contributed by atoms with Crippen LogP contribution in [0.3, 0.4) is 0 Å². The van der Waals surface area contributed by atoms with Gasteiger partial charge in [-0.3, -0.25) is 0 Å². The second-order valence-electron chi connectivity index (χ2n) is 4.02. The molecule has 6 heteroatoms. The predicted octanol–water partition coefficient (Wildman–Crippen LogP) is 3.98. The van der Waals surface area contributed by atoms with E-state index in [-0.39, 0.29) is 18.4 Å². The number of benzene rings is 1. The first-order chi connectivity index (χ1) is 8.43. The van der Waals surface area contributed by atoms with Crippen LogP contribution in [0.15, 0.2) is 30.3 Å². The molecule has 0 aliphatic rings. The van der Waals surface area contributed by atoms with Gasteiger partial charge < -0.3 is 4.74 Å². The highest BCUT2D eigenvalue weighted by atomic mass is 35.5. The van der Waals surface area contributed by atoms with Gasteiger partial charge in [-0.1, -0.05) is 30.3 Å². The minimum absolute atomic E-state index is 0.0956. The molecule has 1 aromatic rings. The summed E-state index contributed by atoms with van der Waals surface area (Å²) in [6, 6.07) is 8.94. The second kappa shape index (κ2) is 6.64. The van der Waals surface area contributed by atoms with Crippen molar-refractivity contribution in [1.29, 1.82) is 0 Å². The fraction of sp³-hybridized carbons (Fsp3) is 0.500. The van der Waals surface area contributed by atoms with Crippen LogP contribution in [0.25, 0.3) is 0 Å².